The van der Waals surface area contributed by atoms with Gasteiger partial charge in [0, 0.05) is 25.6 Å². The molecule has 1 fully saturated rings. The van der Waals surface area contributed by atoms with Gasteiger partial charge in [-0.25, -0.2) is 0 Å². The average molecular weight is 326 g/mol. The summed E-state index contributed by atoms with van der Waals surface area (Å²) in [5.41, 5.74) is 6.87. The summed E-state index contributed by atoms with van der Waals surface area (Å²) in [4.78, 5) is 14.2. The second-order valence-corrected chi connectivity index (χ2v) is 6.12. The Bertz CT molecular complexity index is 506. The van der Waals surface area contributed by atoms with Crippen molar-refractivity contribution in [1.82, 2.24) is 4.90 Å². The second-order valence-electron chi connectivity index (χ2n) is 6.12. The first kappa shape index (κ1) is 17.7. The van der Waals surface area contributed by atoms with Crippen molar-refractivity contribution in [3.05, 3.63) is 29.8 Å². The SMILES string of the molecule is CC(N)C1CCCN(C(=O)CCc2ccc(OC(F)F)cc2)C1. The summed E-state index contributed by atoms with van der Waals surface area (Å²) in [6.45, 7) is 0.696. The molecule has 2 rings (SSSR count). The standard InChI is InChI=1S/C17H24F2N2O2/c1-12(20)14-3-2-10-21(11-14)16(22)9-6-13-4-7-15(8-5-13)23-17(18)19/h4-5,7-8,12,14,17H,2-3,6,9-11,20H2,1H3. The Hall–Kier alpha value is -1.69. The van der Waals surface area contributed by atoms with Crippen LogP contribution in [0.2, 0.25) is 0 Å². The number of hydrogen-bond acceptors (Lipinski definition) is 3. The van der Waals surface area contributed by atoms with Gasteiger partial charge in [0.05, 0.1) is 0 Å². The smallest absolute Gasteiger partial charge is 0.387 e. The van der Waals surface area contributed by atoms with Crippen LogP contribution in [0, 0.1) is 5.92 Å². The Morgan fingerprint density at radius 2 is 2.09 bits per heavy atom. The number of nitrogens with two attached hydrogens (primary N) is 1. The van der Waals surface area contributed by atoms with Gasteiger partial charge in [0.25, 0.3) is 0 Å². The molecule has 128 valence electrons. The minimum atomic E-state index is -2.82. The predicted molar refractivity (Wildman–Crippen MR) is 84.3 cm³/mol. The van der Waals surface area contributed by atoms with Gasteiger partial charge in [-0.2, -0.15) is 8.78 Å². The van der Waals surface area contributed by atoms with Crippen molar-refractivity contribution < 1.29 is 18.3 Å². The number of halogens is 2. The number of carbonyl (C=O) groups excluding carboxylic acids is 1. The van der Waals surface area contributed by atoms with Crippen LogP contribution in [-0.4, -0.2) is 36.5 Å². The van der Waals surface area contributed by atoms with Crippen LogP contribution in [0.5, 0.6) is 5.75 Å². The normalized spacial score (nSPS) is 19.7. The molecule has 4 nitrogen and oxygen atoms in total. The molecular weight excluding hydrogens is 302 g/mol. The number of alkyl halides is 2. The molecule has 0 aliphatic carbocycles. The monoisotopic (exact) mass is 326 g/mol. The van der Waals surface area contributed by atoms with Crippen molar-refractivity contribution in [3.63, 3.8) is 0 Å². The van der Waals surface area contributed by atoms with Gasteiger partial charge >= 0.3 is 6.61 Å². The number of aryl methyl sites for hydroxylation is 1. The van der Waals surface area contributed by atoms with Crippen LogP contribution in [0.1, 0.15) is 31.7 Å². The molecule has 2 N–H and O–H groups in total. The molecule has 1 heterocycles. The first-order valence-corrected chi connectivity index (χ1v) is 8.03. The van der Waals surface area contributed by atoms with E-state index >= 15 is 0 Å². The van der Waals surface area contributed by atoms with Gasteiger partial charge in [-0.1, -0.05) is 12.1 Å². The molecule has 1 amide bonds. The number of piperidine rings is 1. The number of likely N-dealkylation sites (tertiary alicyclic amines) is 1. The fourth-order valence-electron chi connectivity index (χ4n) is 2.91. The Balaban J connectivity index is 1.81. The lowest BCUT2D eigenvalue weighted by Gasteiger charge is -2.34. The van der Waals surface area contributed by atoms with E-state index in [9.17, 15) is 13.6 Å². The molecular formula is C17H24F2N2O2. The topological polar surface area (TPSA) is 55.6 Å². The van der Waals surface area contributed by atoms with E-state index in [1.807, 2.05) is 11.8 Å². The number of rotatable bonds is 6. The highest BCUT2D eigenvalue weighted by atomic mass is 19.3. The van der Waals surface area contributed by atoms with Crippen LogP contribution in [-0.2, 0) is 11.2 Å². The van der Waals surface area contributed by atoms with Crippen molar-refractivity contribution >= 4 is 5.91 Å². The van der Waals surface area contributed by atoms with Crippen LogP contribution in [0.4, 0.5) is 8.78 Å². The van der Waals surface area contributed by atoms with Crippen molar-refractivity contribution in [2.45, 2.75) is 45.3 Å². The summed E-state index contributed by atoms with van der Waals surface area (Å²) in [6, 6.07) is 6.53. The molecule has 2 unspecified atom stereocenters. The summed E-state index contributed by atoms with van der Waals surface area (Å²) in [6.07, 6.45) is 3.08. The molecule has 1 saturated heterocycles. The minimum Gasteiger partial charge on any atom is -0.435 e. The highest BCUT2D eigenvalue weighted by Gasteiger charge is 2.25. The molecule has 0 aromatic heterocycles. The Labute approximate surface area is 135 Å². The zero-order chi connectivity index (χ0) is 16.8. The van der Waals surface area contributed by atoms with E-state index in [0.717, 1.165) is 31.5 Å². The molecule has 1 aromatic rings. The van der Waals surface area contributed by atoms with Gasteiger partial charge in [0.1, 0.15) is 5.75 Å². The van der Waals surface area contributed by atoms with Crippen molar-refractivity contribution in [1.29, 1.82) is 0 Å². The van der Waals surface area contributed by atoms with E-state index in [4.69, 9.17) is 5.73 Å². The quantitative estimate of drug-likeness (QED) is 0.874. The summed E-state index contributed by atoms with van der Waals surface area (Å²) in [5, 5.41) is 0. The fourth-order valence-corrected chi connectivity index (χ4v) is 2.91. The molecule has 2 atom stereocenters. The molecule has 1 aliphatic heterocycles. The summed E-state index contributed by atoms with van der Waals surface area (Å²) in [7, 11) is 0. The largest absolute Gasteiger partial charge is 0.435 e. The minimum absolute atomic E-state index is 0.105. The van der Waals surface area contributed by atoms with Gasteiger partial charge < -0.3 is 15.4 Å². The number of ether oxygens (including phenoxy) is 1. The first-order chi connectivity index (χ1) is 11.0. The third-order valence-electron chi connectivity index (χ3n) is 4.33. The predicted octanol–water partition coefficient (Wildman–Crippen LogP) is 2.81. The second kappa shape index (κ2) is 8.24. The van der Waals surface area contributed by atoms with Crippen molar-refractivity contribution in [2.24, 2.45) is 11.7 Å². The van der Waals surface area contributed by atoms with E-state index in [2.05, 4.69) is 4.74 Å². The first-order valence-electron chi connectivity index (χ1n) is 8.03. The van der Waals surface area contributed by atoms with Crippen LogP contribution in [0.3, 0.4) is 0 Å². The van der Waals surface area contributed by atoms with E-state index in [-0.39, 0.29) is 17.7 Å². The lowest BCUT2D eigenvalue weighted by Crippen LogP contribution is -2.45. The molecule has 6 heteroatoms. The van der Waals surface area contributed by atoms with Gasteiger partial charge in [-0.05, 0) is 49.8 Å². The zero-order valence-electron chi connectivity index (χ0n) is 13.4. The Morgan fingerprint density at radius 3 is 2.70 bits per heavy atom. The maximum Gasteiger partial charge on any atom is 0.387 e. The molecule has 23 heavy (non-hydrogen) atoms. The average Bonchev–Trinajstić information content (AvgIpc) is 2.53. The maximum absolute atomic E-state index is 12.3. The Morgan fingerprint density at radius 1 is 1.39 bits per heavy atom. The van der Waals surface area contributed by atoms with E-state index in [1.54, 1.807) is 12.1 Å². The highest BCUT2D eigenvalue weighted by molar-refractivity contribution is 5.76. The maximum atomic E-state index is 12.3. The molecule has 0 bridgehead atoms. The molecule has 0 spiro atoms. The van der Waals surface area contributed by atoms with Crippen molar-refractivity contribution in [2.75, 3.05) is 13.1 Å². The highest BCUT2D eigenvalue weighted by Crippen LogP contribution is 2.20. The number of nitrogens with zero attached hydrogens (tertiary/aromatic N) is 1. The molecule has 1 aromatic carbocycles. The van der Waals surface area contributed by atoms with E-state index in [0.29, 0.717) is 18.8 Å². The Kier molecular flexibility index (Phi) is 6.33. The summed E-state index contributed by atoms with van der Waals surface area (Å²) < 4.78 is 28.5. The number of hydrogen-bond donors (Lipinski definition) is 1. The summed E-state index contributed by atoms with van der Waals surface area (Å²) >= 11 is 0. The van der Waals surface area contributed by atoms with Crippen LogP contribution >= 0.6 is 0 Å². The zero-order valence-corrected chi connectivity index (χ0v) is 13.4. The number of benzene rings is 1. The van der Waals surface area contributed by atoms with Gasteiger partial charge in [-0.3, -0.25) is 4.79 Å². The van der Waals surface area contributed by atoms with Gasteiger partial charge in [0.15, 0.2) is 0 Å². The third-order valence-corrected chi connectivity index (χ3v) is 4.33. The molecule has 1 aliphatic rings. The van der Waals surface area contributed by atoms with Gasteiger partial charge in [-0.15, -0.1) is 0 Å². The van der Waals surface area contributed by atoms with E-state index in [1.165, 1.54) is 12.1 Å². The van der Waals surface area contributed by atoms with E-state index < -0.39 is 6.61 Å². The summed E-state index contributed by atoms with van der Waals surface area (Å²) in [5.74, 6) is 0.632. The van der Waals surface area contributed by atoms with Crippen LogP contribution in [0.15, 0.2) is 24.3 Å². The van der Waals surface area contributed by atoms with Crippen molar-refractivity contribution in [3.8, 4) is 5.75 Å². The lowest BCUT2D eigenvalue weighted by molar-refractivity contribution is -0.133. The van der Waals surface area contributed by atoms with Gasteiger partial charge in [0.2, 0.25) is 5.91 Å². The molecule has 0 radical (unpaired) electrons. The molecule has 0 saturated carbocycles. The third kappa shape index (κ3) is 5.46. The fraction of sp³-hybridized carbons (Fsp3) is 0.588. The van der Waals surface area contributed by atoms with Crippen LogP contribution < -0.4 is 10.5 Å². The number of carbonyl (C=O) groups is 1. The lowest BCUT2D eigenvalue weighted by atomic mass is 9.92. The van der Waals surface area contributed by atoms with Crippen LogP contribution in [0.25, 0.3) is 0 Å². The number of amides is 1.